The van der Waals surface area contributed by atoms with Gasteiger partial charge in [-0.3, -0.25) is 4.98 Å². The zero-order valence-electron chi connectivity index (χ0n) is 13.9. The lowest BCUT2D eigenvalue weighted by atomic mass is 10.3. The molecule has 0 amide bonds. The number of aromatic nitrogens is 1. The molecule has 0 bridgehead atoms. The van der Waals surface area contributed by atoms with Gasteiger partial charge in [-0.05, 0) is 60.7 Å². The van der Waals surface area contributed by atoms with E-state index in [0.717, 1.165) is 0 Å². The smallest absolute Gasteiger partial charge is 0.130 e. The lowest BCUT2D eigenvalue weighted by Gasteiger charge is -2.14. The molecule has 0 fully saturated rings. The van der Waals surface area contributed by atoms with Crippen molar-refractivity contribution in [3.63, 3.8) is 0 Å². The second kappa shape index (κ2) is 9.08. The van der Waals surface area contributed by atoms with E-state index < -0.39 is 6.10 Å². The van der Waals surface area contributed by atoms with Crippen molar-refractivity contribution in [2.24, 2.45) is 0 Å². The summed E-state index contributed by atoms with van der Waals surface area (Å²) in [6, 6.07) is 17.7. The summed E-state index contributed by atoms with van der Waals surface area (Å²) in [5, 5.41) is 10.6. The number of rotatable bonds is 8. The fourth-order valence-electron chi connectivity index (χ4n) is 2.11. The summed E-state index contributed by atoms with van der Waals surface area (Å²) >= 11 is 5.81. The summed E-state index contributed by atoms with van der Waals surface area (Å²) in [4.78, 5) is 3.94. The van der Waals surface area contributed by atoms with E-state index in [2.05, 4.69) is 4.98 Å². The Morgan fingerprint density at radius 3 is 1.77 bits per heavy atom. The number of aliphatic hydroxyl groups is 1. The van der Waals surface area contributed by atoms with Crippen molar-refractivity contribution >= 4 is 11.6 Å². The summed E-state index contributed by atoms with van der Waals surface area (Å²) in [5.74, 6) is 2.68. The number of ether oxygens (including phenoxy) is 3. The second-order valence-corrected chi connectivity index (χ2v) is 5.92. The molecule has 0 aliphatic heterocycles. The van der Waals surface area contributed by atoms with Crippen LogP contribution in [0.15, 0.2) is 73.1 Å². The van der Waals surface area contributed by atoms with Crippen LogP contribution in [0.5, 0.6) is 23.0 Å². The van der Waals surface area contributed by atoms with E-state index in [1.165, 1.54) is 0 Å². The zero-order valence-corrected chi connectivity index (χ0v) is 14.7. The van der Waals surface area contributed by atoms with E-state index in [-0.39, 0.29) is 13.2 Å². The maximum absolute atomic E-state index is 9.97. The number of halogens is 1. The Kier molecular flexibility index (Phi) is 6.30. The normalized spacial score (nSPS) is 11.6. The molecule has 0 saturated heterocycles. The highest BCUT2D eigenvalue weighted by atomic mass is 35.5. The summed E-state index contributed by atoms with van der Waals surface area (Å²) in [6.07, 6.45) is 2.58. The fraction of sp³-hybridized carbons (Fsp3) is 0.150. The number of hydrogen-bond acceptors (Lipinski definition) is 5. The number of benzene rings is 2. The van der Waals surface area contributed by atoms with E-state index in [0.29, 0.717) is 28.0 Å². The molecule has 26 heavy (non-hydrogen) atoms. The van der Waals surface area contributed by atoms with Crippen LogP contribution in [0.25, 0.3) is 0 Å². The molecule has 1 heterocycles. The molecule has 0 saturated carbocycles. The molecular weight excluding hydrogens is 354 g/mol. The molecule has 134 valence electrons. The molecule has 3 aromatic rings. The maximum Gasteiger partial charge on any atom is 0.130 e. The SMILES string of the molecule is OC(COc1ccc(Cl)cc1)COc1ccc(Oc2ccncc2)cc1. The van der Waals surface area contributed by atoms with Crippen LogP contribution < -0.4 is 14.2 Å². The van der Waals surface area contributed by atoms with Crippen LogP contribution in [0.3, 0.4) is 0 Å². The molecule has 1 atom stereocenters. The Labute approximate surface area is 156 Å². The average molecular weight is 372 g/mol. The van der Waals surface area contributed by atoms with Crippen LogP contribution in [0.4, 0.5) is 0 Å². The van der Waals surface area contributed by atoms with Crippen molar-refractivity contribution in [1.29, 1.82) is 0 Å². The highest BCUT2D eigenvalue weighted by Gasteiger charge is 2.07. The van der Waals surface area contributed by atoms with Crippen LogP contribution in [0, 0.1) is 0 Å². The van der Waals surface area contributed by atoms with Crippen molar-refractivity contribution < 1.29 is 19.3 Å². The van der Waals surface area contributed by atoms with Gasteiger partial charge in [0.1, 0.15) is 42.3 Å². The molecule has 6 heteroatoms. The molecule has 0 spiro atoms. The predicted molar refractivity (Wildman–Crippen MR) is 99.2 cm³/mol. The van der Waals surface area contributed by atoms with E-state index >= 15 is 0 Å². The van der Waals surface area contributed by atoms with Crippen LogP contribution in [0.2, 0.25) is 5.02 Å². The monoisotopic (exact) mass is 371 g/mol. The largest absolute Gasteiger partial charge is 0.491 e. The number of hydrogen-bond donors (Lipinski definition) is 1. The van der Waals surface area contributed by atoms with Gasteiger partial charge in [-0.1, -0.05) is 11.6 Å². The lowest BCUT2D eigenvalue weighted by Crippen LogP contribution is -2.25. The standard InChI is InChI=1S/C20H18ClNO4/c21-15-1-3-17(4-2-15)24-13-16(23)14-25-18-5-7-19(8-6-18)26-20-9-11-22-12-10-20/h1-12,16,23H,13-14H2. The van der Waals surface area contributed by atoms with Gasteiger partial charge >= 0.3 is 0 Å². The Morgan fingerprint density at radius 1 is 0.731 bits per heavy atom. The first-order chi connectivity index (χ1) is 12.7. The minimum absolute atomic E-state index is 0.123. The molecule has 0 radical (unpaired) electrons. The van der Waals surface area contributed by atoms with E-state index in [1.807, 2.05) is 0 Å². The Hall–Kier alpha value is -2.76. The van der Waals surface area contributed by atoms with Crippen LogP contribution in [-0.4, -0.2) is 29.4 Å². The van der Waals surface area contributed by atoms with Crippen molar-refractivity contribution in [1.82, 2.24) is 4.98 Å². The zero-order chi connectivity index (χ0) is 18.2. The number of aliphatic hydroxyl groups excluding tert-OH is 1. The van der Waals surface area contributed by atoms with E-state index in [9.17, 15) is 5.11 Å². The predicted octanol–water partition coefficient (Wildman–Crippen LogP) is 4.35. The van der Waals surface area contributed by atoms with E-state index in [1.54, 1.807) is 73.1 Å². The molecule has 1 unspecified atom stereocenters. The van der Waals surface area contributed by atoms with Gasteiger partial charge in [0.05, 0.1) is 0 Å². The van der Waals surface area contributed by atoms with Crippen molar-refractivity contribution in [3.05, 3.63) is 78.1 Å². The molecule has 0 aliphatic rings. The maximum atomic E-state index is 9.97. The van der Waals surface area contributed by atoms with Crippen molar-refractivity contribution in [3.8, 4) is 23.0 Å². The first kappa shape index (κ1) is 18.0. The number of pyridine rings is 1. The molecule has 2 aromatic carbocycles. The molecule has 5 nitrogen and oxygen atoms in total. The first-order valence-corrected chi connectivity index (χ1v) is 8.44. The fourth-order valence-corrected chi connectivity index (χ4v) is 2.24. The van der Waals surface area contributed by atoms with Gasteiger partial charge in [-0.25, -0.2) is 0 Å². The Morgan fingerprint density at radius 2 is 1.19 bits per heavy atom. The summed E-state index contributed by atoms with van der Waals surface area (Å²) in [5.41, 5.74) is 0. The Balaban J connectivity index is 1.43. The highest BCUT2D eigenvalue weighted by molar-refractivity contribution is 6.30. The molecule has 1 aromatic heterocycles. The molecular formula is C20H18ClNO4. The third-order valence-corrected chi connectivity index (χ3v) is 3.66. The van der Waals surface area contributed by atoms with Gasteiger partial charge < -0.3 is 19.3 Å². The number of nitrogens with zero attached hydrogens (tertiary/aromatic N) is 1. The summed E-state index contributed by atoms with van der Waals surface area (Å²) in [6.45, 7) is 0.253. The van der Waals surface area contributed by atoms with Crippen LogP contribution >= 0.6 is 11.6 Å². The van der Waals surface area contributed by atoms with E-state index in [4.69, 9.17) is 25.8 Å². The lowest BCUT2D eigenvalue weighted by molar-refractivity contribution is 0.0626. The third kappa shape index (κ3) is 5.65. The Bertz CT molecular complexity index is 794. The van der Waals surface area contributed by atoms with Gasteiger partial charge in [0.15, 0.2) is 0 Å². The average Bonchev–Trinajstić information content (AvgIpc) is 2.68. The third-order valence-electron chi connectivity index (χ3n) is 3.41. The topological polar surface area (TPSA) is 60.8 Å². The summed E-state index contributed by atoms with van der Waals surface area (Å²) < 4.78 is 16.7. The van der Waals surface area contributed by atoms with Crippen LogP contribution in [-0.2, 0) is 0 Å². The first-order valence-electron chi connectivity index (χ1n) is 8.06. The van der Waals surface area contributed by atoms with Gasteiger partial charge in [0.25, 0.3) is 0 Å². The van der Waals surface area contributed by atoms with Gasteiger partial charge in [0, 0.05) is 17.4 Å². The minimum Gasteiger partial charge on any atom is -0.491 e. The van der Waals surface area contributed by atoms with Crippen molar-refractivity contribution in [2.45, 2.75) is 6.10 Å². The van der Waals surface area contributed by atoms with Gasteiger partial charge in [-0.2, -0.15) is 0 Å². The summed E-state index contributed by atoms with van der Waals surface area (Å²) in [7, 11) is 0. The second-order valence-electron chi connectivity index (χ2n) is 5.49. The quantitative estimate of drug-likeness (QED) is 0.638. The molecule has 3 rings (SSSR count). The van der Waals surface area contributed by atoms with Crippen LogP contribution in [0.1, 0.15) is 0 Å². The molecule has 1 N–H and O–H groups in total. The van der Waals surface area contributed by atoms with Crippen molar-refractivity contribution in [2.75, 3.05) is 13.2 Å². The van der Waals surface area contributed by atoms with Gasteiger partial charge in [0.2, 0.25) is 0 Å². The molecule has 0 aliphatic carbocycles. The highest BCUT2D eigenvalue weighted by Crippen LogP contribution is 2.23. The van der Waals surface area contributed by atoms with Gasteiger partial charge in [-0.15, -0.1) is 0 Å². The minimum atomic E-state index is -0.751.